The quantitative estimate of drug-likeness (QED) is 0.698. The molecule has 1 rings (SSSR count). The highest BCUT2D eigenvalue weighted by Gasteiger charge is 2.20. The Morgan fingerprint density at radius 3 is 1.94 bits per heavy atom. The van der Waals surface area contributed by atoms with Crippen molar-refractivity contribution in [3.05, 3.63) is 30.3 Å². The van der Waals surface area contributed by atoms with E-state index in [1.165, 1.54) is 0 Å². The maximum Gasteiger partial charge on any atom is 0.219 e. The van der Waals surface area contributed by atoms with Gasteiger partial charge in [0.15, 0.2) is 0 Å². The molecule has 0 saturated carbocycles. The Labute approximate surface area is 103 Å². The fourth-order valence-electron chi connectivity index (χ4n) is 1.22. The van der Waals surface area contributed by atoms with Crippen molar-refractivity contribution in [1.29, 1.82) is 0 Å². The van der Waals surface area contributed by atoms with Crippen LogP contribution in [0.1, 0.15) is 26.7 Å². The molecule has 0 spiro atoms. The first-order valence-electron chi connectivity index (χ1n) is 5.67. The summed E-state index contributed by atoms with van der Waals surface area (Å²) in [5.41, 5.74) is 0. The van der Waals surface area contributed by atoms with Gasteiger partial charge in [-0.25, -0.2) is 0 Å². The van der Waals surface area contributed by atoms with E-state index in [9.17, 15) is 0 Å². The van der Waals surface area contributed by atoms with Crippen LogP contribution >= 0.6 is 6.49 Å². The second-order valence-corrected chi connectivity index (χ2v) is 6.97. The lowest BCUT2D eigenvalue weighted by atomic mass is 10.4. The van der Waals surface area contributed by atoms with Gasteiger partial charge in [0.05, 0.1) is 13.2 Å². The van der Waals surface area contributed by atoms with Crippen LogP contribution in [0.2, 0.25) is 0 Å². The maximum absolute atomic E-state index is 5.77. The molecular weight excluding hydrogens is 239 g/mol. The van der Waals surface area contributed by atoms with Crippen LogP contribution in [0.15, 0.2) is 30.3 Å². The van der Waals surface area contributed by atoms with E-state index >= 15 is 0 Å². The van der Waals surface area contributed by atoms with Crippen molar-refractivity contribution in [3.8, 4) is 0 Å². The van der Waals surface area contributed by atoms with Gasteiger partial charge in [0.25, 0.3) is 0 Å². The van der Waals surface area contributed by atoms with Gasteiger partial charge in [-0.3, -0.25) is 0 Å². The van der Waals surface area contributed by atoms with Crippen LogP contribution in [-0.4, -0.2) is 13.2 Å². The summed E-state index contributed by atoms with van der Waals surface area (Å²) in [6, 6.07) is 9.91. The van der Waals surface area contributed by atoms with Crippen LogP contribution in [0.3, 0.4) is 0 Å². The van der Waals surface area contributed by atoms with Gasteiger partial charge in [-0.15, -0.1) is 0 Å². The van der Waals surface area contributed by atoms with Gasteiger partial charge in [0, 0.05) is 5.30 Å². The number of hydrogen-bond donors (Lipinski definition) is 0. The molecule has 0 aliphatic heterocycles. The molecule has 0 unspecified atom stereocenters. The van der Waals surface area contributed by atoms with Gasteiger partial charge < -0.3 is 9.05 Å². The molecule has 0 N–H and O–H groups in total. The van der Waals surface area contributed by atoms with Gasteiger partial charge >= 0.3 is 0 Å². The summed E-state index contributed by atoms with van der Waals surface area (Å²) in [4.78, 5) is 0. The first kappa shape index (κ1) is 13.9. The molecule has 0 aliphatic carbocycles. The summed E-state index contributed by atoms with van der Waals surface area (Å²) in [6.07, 6.45) is 1.92. The third-order valence-corrected chi connectivity index (χ3v) is 5.24. The lowest BCUT2D eigenvalue weighted by Gasteiger charge is -2.22. The molecule has 0 heterocycles. The number of benzene rings is 1. The summed E-state index contributed by atoms with van der Waals surface area (Å²) in [5.74, 6) is 0. The first-order chi connectivity index (χ1) is 7.73. The molecule has 0 aromatic heterocycles. The molecule has 0 atom stereocenters. The van der Waals surface area contributed by atoms with Gasteiger partial charge in [-0.2, -0.15) is 0 Å². The highest BCUT2D eigenvalue weighted by molar-refractivity contribution is 8.13. The smallest absolute Gasteiger partial charge is 0.219 e. The molecule has 0 saturated heterocycles. The summed E-state index contributed by atoms with van der Waals surface area (Å²) in [6.45, 7) is 3.20. The Bertz CT molecular complexity index is 328. The lowest BCUT2D eigenvalue weighted by molar-refractivity contribution is 0.254. The third-order valence-electron chi connectivity index (χ3n) is 2.00. The fraction of sp³-hybridized carbons (Fsp3) is 0.500. The van der Waals surface area contributed by atoms with Gasteiger partial charge in [0.2, 0.25) is 6.49 Å². The van der Waals surface area contributed by atoms with Crippen molar-refractivity contribution in [3.63, 3.8) is 0 Å². The van der Waals surface area contributed by atoms with Gasteiger partial charge in [-0.1, -0.05) is 32.0 Å². The summed E-state index contributed by atoms with van der Waals surface area (Å²) in [7, 11) is 0. The van der Waals surface area contributed by atoms with Crippen LogP contribution in [0.25, 0.3) is 0 Å². The van der Waals surface area contributed by atoms with E-state index < -0.39 is 6.49 Å². The predicted octanol–water partition coefficient (Wildman–Crippen LogP) is 3.47. The van der Waals surface area contributed by atoms with Crippen LogP contribution in [0.5, 0.6) is 0 Å². The normalized spacial score (nSPS) is 11.6. The number of rotatable bonds is 7. The van der Waals surface area contributed by atoms with Crippen LogP contribution in [0, 0.1) is 0 Å². The fourth-order valence-corrected chi connectivity index (χ4v) is 3.79. The zero-order valence-electron chi connectivity index (χ0n) is 9.89. The van der Waals surface area contributed by atoms with Crippen molar-refractivity contribution >= 4 is 23.6 Å². The first-order valence-corrected chi connectivity index (χ1v) is 8.31. The minimum atomic E-state index is -2.27. The maximum atomic E-state index is 5.77. The molecule has 0 fully saturated rings. The van der Waals surface area contributed by atoms with E-state index in [1.807, 2.05) is 30.3 Å². The van der Waals surface area contributed by atoms with Gasteiger partial charge in [0.1, 0.15) is 0 Å². The molecule has 4 heteroatoms. The SMILES string of the molecule is CCCOP(=S)(OCCC)c1ccccc1. The monoisotopic (exact) mass is 258 g/mol. The van der Waals surface area contributed by atoms with E-state index in [0.717, 1.165) is 18.1 Å². The average Bonchev–Trinajstić information content (AvgIpc) is 2.35. The highest BCUT2D eigenvalue weighted by Crippen LogP contribution is 2.47. The zero-order chi connectivity index (χ0) is 11.9. The minimum Gasteiger partial charge on any atom is -0.326 e. The van der Waals surface area contributed by atoms with E-state index in [4.69, 9.17) is 20.9 Å². The van der Waals surface area contributed by atoms with Crippen molar-refractivity contribution in [2.75, 3.05) is 13.2 Å². The van der Waals surface area contributed by atoms with Crippen molar-refractivity contribution < 1.29 is 9.05 Å². The zero-order valence-corrected chi connectivity index (χ0v) is 11.6. The summed E-state index contributed by atoms with van der Waals surface area (Å²) >= 11 is 5.57. The third kappa shape index (κ3) is 3.99. The van der Waals surface area contributed by atoms with E-state index in [0.29, 0.717) is 13.2 Å². The molecule has 0 radical (unpaired) electrons. The molecule has 1 aromatic rings. The van der Waals surface area contributed by atoms with Crippen LogP contribution in [-0.2, 0) is 20.9 Å². The molecule has 90 valence electrons. The van der Waals surface area contributed by atoms with Gasteiger partial charge in [-0.05, 0) is 36.8 Å². The van der Waals surface area contributed by atoms with Crippen LogP contribution in [0.4, 0.5) is 0 Å². The Kier molecular flexibility index (Phi) is 6.22. The van der Waals surface area contributed by atoms with Crippen molar-refractivity contribution in [2.45, 2.75) is 26.7 Å². The van der Waals surface area contributed by atoms with E-state index in [1.54, 1.807) is 0 Å². The molecule has 1 aromatic carbocycles. The molecule has 2 nitrogen and oxygen atoms in total. The Morgan fingerprint density at radius 2 is 1.50 bits per heavy atom. The Hall–Kier alpha value is -0.210. The minimum absolute atomic E-state index is 0.663. The van der Waals surface area contributed by atoms with Crippen molar-refractivity contribution in [2.24, 2.45) is 0 Å². The lowest BCUT2D eigenvalue weighted by Crippen LogP contribution is -2.10. The Morgan fingerprint density at radius 1 is 1.00 bits per heavy atom. The topological polar surface area (TPSA) is 18.5 Å². The summed E-state index contributed by atoms with van der Waals surface area (Å²) < 4.78 is 11.5. The molecule has 0 amide bonds. The average molecular weight is 258 g/mol. The molecule has 0 aliphatic rings. The molecule has 16 heavy (non-hydrogen) atoms. The Balaban J connectivity index is 2.82. The van der Waals surface area contributed by atoms with E-state index in [2.05, 4.69) is 13.8 Å². The van der Waals surface area contributed by atoms with E-state index in [-0.39, 0.29) is 0 Å². The summed E-state index contributed by atoms with van der Waals surface area (Å²) in [5, 5.41) is 1.01. The predicted molar refractivity (Wildman–Crippen MR) is 72.8 cm³/mol. The largest absolute Gasteiger partial charge is 0.326 e. The highest BCUT2D eigenvalue weighted by atomic mass is 32.5. The molecular formula is C12H19O2PS. The second kappa shape index (κ2) is 7.18. The van der Waals surface area contributed by atoms with Crippen molar-refractivity contribution in [1.82, 2.24) is 0 Å². The second-order valence-electron chi connectivity index (χ2n) is 3.50. The molecule has 0 bridgehead atoms. The number of hydrogen-bond acceptors (Lipinski definition) is 3. The van der Waals surface area contributed by atoms with Crippen LogP contribution < -0.4 is 5.30 Å². The standard InChI is InChI=1S/C12H19O2PS/c1-3-10-13-15(16,14-11-4-2)12-8-6-5-7-9-12/h5-9H,3-4,10-11H2,1-2H3.